The Hall–Kier alpha value is -1.51. The van der Waals surface area contributed by atoms with Crippen molar-refractivity contribution in [3.63, 3.8) is 0 Å². The Labute approximate surface area is 178 Å². The van der Waals surface area contributed by atoms with E-state index in [0.717, 1.165) is 16.6 Å². The number of nitrogens with one attached hydrogen (secondary N) is 1. The molecule has 0 aliphatic heterocycles. The molecule has 0 spiro atoms. The van der Waals surface area contributed by atoms with Crippen LogP contribution in [0, 0.1) is 5.92 Å². The molecule has 0 atom stereocenters. The van der Waals surface area contributed by atoms with Gasteiger partial charge in [-0.2, -0.15) is 0 Å². The van der Waals surface area contributed by atoms with Crippen molar-refractivity contribution in [1.82, 2.24) is 4.98 Å². The average molecular weight is 483 g/mol. The van der Waals surface area contributed by atoms with Gasteiger partial charge in [0.15, 0.2) is 15.0 Å². The molecule has 150 valence electrons. The maximum atomic E-state index is 13.0. The van der Waals surface area contributed by atoms with E-state index in [1.807, 2.05) is 0 Å². The van der Waals surface area contributed by atoms with Crippen LogP contribution in [0.4, 0.5) is 5.13 Å². The summed E-state index contributed by atoms with van der Waals surface area (Å²) < 4.78 is 24.3. The number of anilines is 1. The van der Waals surface area contributed by atoms with Gasteiger partial charge in [0.25, 0.3) is 5.91 Å². The lowest BCUT2D eigenvalue weighted by Gasteiger charge is -2.14. The highest BCUT2D eigenvalue weighted by atomic mass is 79.9. The van der Waals surface area contributed by atoms with E-state index in [4.69, 9.17) is 0 Å². The Morgan fingerprint density at radius 1 is 1.18 bits per heavy atom. The number of benzene rings is 1. The number of aromatic nitrogens is 1. The SMILES string of the molecule is CS(=O)(=O)c1ccc(/C(=C\C2CCCCCC2)C(=O)Nc2ncc(Br)s2)cc1. The van der Waals surface area contributed by atoms with E-state index in [1.165, 1.54) is 43.3 Å². The number of carbonyl (C=O) groups is 1. The molecular weight excluding hydrogens is 460 g/mol. The molecule has 2 aromatic rings. The summed E-state index contributed by atoms with van der Waals surface area (Å²) in [5, 5.41) is 3.39. The van der Waals surface area contributed by atoms with Gasteiger partial charge in [-0.05, 0) is 52.4 Å². The molecule has 5 nitrogen and oxygen atoms in total. The molecule has 1 saturated carbocycles. The molecule has 0 saturated heterocycles. The van der Waals surface area contributed by atoms with Crippen LogP contribution < -0.4 is 5.32 Å². The molecule has 1 heterocycles. The predicted molar refractivity (Wildman–Crippen MR) is 117 cm³/mol. The van der Waals surface area contributed by atoms with Crippen molar-refractivity contribution in [3.8, 4) is 0 Å². The number of hydrogen-bond donors (Lipinski definition) is 1. The quantitative estimate of drug-likeness (QED) is 0.463. The molecule has 0 unspecified atom stereocenters. The molecule has 1 N–H and O–H groups in total. The van der Waals surface area contributed by atoms with Gasteiger partial charge in [-0.1, -0.05) is 55.2 Å². The van der Waals surface area contributed by atoms with Crippen molar-refractivity contribution in [3.05, 3.63) is 45.9 Å². The molecular formula is C20H23BrN2O3S2. The Bertz CT molecular complexity index is 958. The third kappa shape index (κ3) is 5.75. The van der Waals surface area contributed by atoms with Gasteiger partial charge in [-0.3, -0.25) is 10.1 Å². The molecule has 1 aromatic carbocycles. The molecule has 28 heavy (non-hydrogen) atoms. The minimum atomic E-state index is -3.28. The molecule has 0 radical (unpaired) electrons. The number of carbonyl (C=O) groups excluding carboxylic acids is 1. The summed E-state index contributed by atoms with van der Waals surface area (Å²) in [6.45, 7) is 0. The maximum Gasteiger partial charge on any atom is 0.257 e. The lowest BCUT2D eigenvalue weighted by atomic mass is 9.94. The predicted octanol–water partition coefficient (Wildman–Crippen LogP) is 5.30. The fourth-order valence-corrected chi connectivity index (χ4v) is 5.11. The van der Waals surface area contributed by atoms with Crippen molar-refractivity contribution in [1.29, 1.82) is 0 Å². The lowest BCUT2D eigenvalue weighted by molar-refractivity contribution is -0.111. The van der Waals surface area contributed by atoms with Crippen LogP contribution in [0.2, 0.25) is 0 Å². The topological polar surface area (TPSA) is 76.1 Å². The molecule has 1 aliphatic rings. The fraction of sp³-hybridized carbons (Fsp3) is 0.400. The van der Waals surface area contributed by atoms with Gasteiger partial charge in [0, 0.05) is 11.8 Å². The van der Waals surface area contributed by atoms with Crippen molar-refractivity contribution in [2.75, 3.05) is 11.6 Å². The van der Waals surface area contributed by atoms with E-state index in [9.17, 15) is 13.2 Å². The Balaban J connectivity index is 1.92. The van der Waals surface area contributed by atoms with Crippen LogP contribution in [-0.4, -0.2) is 25.6 Å². The molecule has 1 fully saturated rings. The zero-order valence-electron chi connectivity index (χ0n) is 15.7. The van der Waals surface area contributed by atoms with Gasteiger partial charge in [0.05, 0.1) is 14.9 Å². The van der Waals surface area contributed by atoms with Crippen molar-refractivity contribution >= 4 is 53.7 Å². The first-order chi connectivity index (χ1) is 13.3. The van der Waals surface area contributed by atoms with Crippen LogP contribution in [0.5, 0.6) is 0 Å². The number of amides is 1. The van der Waals surface area contributed by atoms with E-state index >= 15 is 0 Å². The zero-order chi connectivity index (χ0) is 20.1. The van der Waals surface area contributed by atoms with Crippen molar-refractivity contribution < 1.29 is 13.2 Å². The van der Waals surface area contributed by atoms with Gasteiger partial charge >= 0.3 is 0 Å². The van der Waals surface area contributed by atoms with Crippen molar-refractivity contribution in [2.24, 2.45) is 5.92 Å². The van der Waals surface area contributed by atoms with E-state index in [1.54, 1.807) is 30.5 Å². The standard InChI is InChI=1S/C20H23BrN2O3S2/c1-28(25,26)16-10-8-15(9-11-16)17(12-14-6-4-2-3-5-7-14)19(24)23-20-22-13-18(21)27-20/h8-14H,2-7H2,1H3,(H,22,23,24)/b17-12+. The first-order valence-corrected chi connectivity index (χ1v) is 12.8. The van der Waals surface area contributed by atoms with Gasteiger partial charge in [-0.25, -0.2) is 13.4 Å². The highest BCUT2D eigenvalue weighted by Gasteiger charge is 2.19. The molecule has 8 heteroatoms. The van der Waals surface area contributed by atoms with Crippen LogP contribution >= 0.6 is 27.3 Å². The highest BCUT2D eigenvalue weighted by molar-refractivity contribution is 9.11. The fourth-order valence-electron chi connectivity index (χ4n) is 3.37. The van der Waals surface area contributed by atoms with E-state index < -0.39 is 9.84 Å². The van der Waals surface area contributed by atoms with Crippen LogP contribution in [0.1, 0.15) is 44.1 Å². The van der Waals surface area contributed by atoms with Gasteiger partial charge < -0.3 is 0 Å². The second-order valence-electron chi connectivity index (χ2n) is 7.05. The Morgan fingerprint density at radius 2 is 1.82 bits per heavy atom. The average Bonchev–Trinajstić information content (AvgIpc) is 2.90. The number of allylic oxidation sites excluding steroid dienone is 1. The summed E-state index contributed by atoms with van der Waals surface area (Å²) in [5.74, 6) is 0.124. The number of halogens is 1. The van der Waals surface area contributed by atoms with E-state index in [-0.39, 0.29) is 10.8 Å². The second kappa shape index (κ2) is 9.33. The van der Waals surface area contributed by atoms with Gasteiger partial charge in [0.2, 0.25) is 0 Å². The third-order valence-electron chi connectivity index (χ3n) is 4.84. The van der Waals surface area contributed by atoms with Crippen LogP contribution in [0.15, 0.2) is 45.2 Å². The highest BCUT2D eigenvalue weighted by Crippen LogP contribution is 2.29. The number of rotatable bonds is 5. The summed E-state index contributed by atoms with van der Waals surface area (Å²) in [4.78, 5) is 17.4. The molecule has 1 aliphatic carbocycles. The van der Waals surface area contributed by atoms with E-state index in [0.29, 0.717) is 22.2 Å². The summed E-state index contributed by atoms with van der Waals surface area (Å²) in [7, 11) is -3.28. The molecule has 3 rings (SSSR count). The number of thiazole rings is 1. The van der Waals surface area contributed by atoms with Crippen LogP contribution in [-0.2, 0) is 14.6 Å². The summed E-state index contributed by atoms with van der Waals surface area (Å²) in [6.07, 6.45) is 11.8. The zero-order valence-corrected chi connectivity index (χ0v) is 18.9. The molecule has 1 amide bonds. The van der Waals surface area contributed by atoms with Crippen LogP contribution in [0.25, 0.3) is 5.57 Å². The normalized spacial score (nSPS) is 16.6. The lowest BCUT2D eigenvalue weighted by Crippen LogP contribution is -2.15. The summed E-state index contributed by atoms with van der Waals surface area (Å²) >= 11 is 4.70. The third-order valence-corrected chi connectivity index (χ3v) is 7.36. The minimum Gasteiger partial charge on any atom is -0.298 e. The Morgan fingerprint density at radius 3 is 2.36 bits per heavy atom. The monoisotopic (exact) mass is 482 g/mol. The van der Waals surface area contributed by atoms with Crippen LogP contribution in [0.3, 0.4) is 0 Å². The van der Waals surface area contributed by atoms with Gasteiger partial charge in [0.1, 0.15) is 0 Å². The number of nitrogens with zero attached hydrogens (tertiary/aromatic N) is 1. The smallest absolute Gasteiger partial charge is 0.257 e. The van der Waals surface area contributed by atoms with Gasteiger partial charge in [-0.15, -0.1) is 0 Å². The second-order valence-corrected chi connectivity index (χ2v) is 11.5. The minimum absolute atomic E-state index is 0.224. The summed E-state index contributed by atoms with van der Waals surface area (Å²) in [6, 6.07) is 6.52. The maximum absolute atomic E-state index is 13.0. The number of hydrogen-bond acceptors (Lipinski definition) is 5. The molecule has 0 bridgehead atoms. The van der Waals surface area contributed by atoms with Crippen molar-refractivity contribution in [2.45, 2.75) is 43.4 Å². The number of sulfone groups is 1. The summed E-state index contributed by atoms with van der Waals surface area (Å²) in [5.41, 5.74) is 1.28. The Kier molecular flexibility index (Phi) is 7.06. The first-order valence-electron chi connectivity index (χ1n) is 9.28. The first kappa shape index (κ1) is 21.2. The largest absolute Gasteiger partial charge is 0.298 e. The molecule has 1 aromatic heterocycles. The van der Waals surface area contributed by atoms with E-state index in [2.05, 4.69) is 32.3 Å².